The fourth-order valence-electron chi connectivity index (χ4n) is 1.89. The largest absolute Gasteiger partial charge is 0.381 e. The van der Waals surface area contributed by atoms with Crippen molar-refractivity contribution in [3.63, 3.8) is 0 Å². The van der Waals surface area contributed by atoms with E-state index < -0.39 is 0 Å². The van der Waals surface area contributed by atoms with Gasteiger partial charge in [0.05, 0.1) is 19.3 Å². The first-order chi connectivity index (χ1) is 8.88. The molecule has 1 aliphatic rings. The SMILES string of the molecule is NCC#Cc1ccc(COC2CCOCC2)cc1. The molecule has 1 fully saturated rings. The number of nitrogens with two attached hydrogens (primary N) is 1. The Morgan fingerprint density at radius 2 is 1.94 bits per heavy atom. The highest BCUT2D eigenvalue weighted by atomic mass is 16.5. The minimum absolute atomic E-state index is 0.343. The second kappa shape index (κ2) is 7.17. The first-order valence-electron chi connectivity index (χ1n) is 6.35. The third kappa shape index (κ3) is 4.15. The molecule has 0 atom stereocenters. The Kier molecular flexibility index (Phi) is 5.22. The summed E-state index contributed by atoms with van der Waals surface area (Å²) in [5, 5.41) is 0. The Hall–Kier alpha value is -1.34. The highest BCUT2D eigenvalue weighted by Crippen LogP contribution is 2.13. The zero-order valence-electron chi connectivity index (χ0n) is 10.5. The maximum absolute atomic E-state index is 5.85. The standard InChI is InChI=1S/C15H19NO2/c16-9-1-2-13-3-5-14(6-4-13)12-18-15-7-10-17-11-8-15/h3-6,15H,7-12,16H2. The van der Waals surface area contributed by atoms with E-state index in [0.717, 1.165) is 31.6 Å². The summed E-state index contributed by atoms with van der Waals surface area (Å²) in [4.78, 5) is 0. The Morgan fingerprint density at radius 1 is 1.22 bits per heavy atom. The predicted octanol–water partition coefficient (Wildman–Crippen LogP) is 1.69. The highest BCUT2D eigenvalue weighted by Gasteiger charge is 2.13. The van der Waals surface area contributed by atoms with Crippen LogP contribution in [0.4, 0.5) is 0 Å². The van der Waals surface area contributed by atoms with Gasteiger partial charge in [0.15, 0.2) is 0 Å². The topological polar surface area (TPSA) is 44.5 Å². The van der Waals surface area contributed by atoms with Crippen LogP contribution in [0.5, 0.6) is 0 Å². The van der Waals surface area contributed by atoms with Crippen LogP contribution >= 0.6 is 0 Å². The number of ether oxygens (including phenoxy) is 2. The smallest absolute Gasteiger partial charge is 0.0720 e. The van der Waals surface area contributed by atoms with Crippen molar-refractivity contribution in [1.82, 2.24) is 0 Å². The molecule has 3 heteroatoms. The van der Waals surface area contributed by atoms with Gasteiger partial charge in [0, 0.05) is 18.8 Å². The van der Waals surface area contributed by atoms with Crippen molar-refractivity contribution < 1.29 is 9.47 Å². The van der Waals surface area contributed by atoms with E-state index in [1.807, 2.05) is 12.1 Å². The lowest BCUT2D eigenvalue weighted by molar-refractivity contribution is -0.0390. The second-order valence-electron chi connectivity index (χ2n) is 4.33. The lowest BCUT2D eigenvalue weighted by atomic mass is 10.1. The summed E-state index contributed by atoms with van der Waals surface area (Å²) in [5.41, 5.74) is 7.51. The zero-order valence-corrected chi connectivity index (χ0v) is 10.5. The first kappa shape index (κ1) is 13.1. The molecule has 96 valence electrons. The van der Waals surface area contributed by atoms with Gasteiger partial charge in [-0.25, -0.2) is 0 Å². The van der Waals surface area contributed by atoms with E-state index in [4.69, 9.17) is 15.2 Å². The summed E-state index contributed by atoms with van der Waals surface area (Å²) in [5.74, 6) is 5.85. The Balaban J connectivity index is 1.82. The maximum atomic E-state index is 5.85. The average Bonchev–Trinajstić information content (AvgIpc) is 2.45. The average molecular weight is 245 g/mol. The molecule has 1 saturated heterocycles. The molecule has 0 radical (unpaired) electrons. The lowest BCUT2D eigenvalue weighted by Gasteiger charge is -2.22. The summed E-state index contributed by atoms with van der Waals surface area (Å²) < 4.78 is 11.2. The molecule has 0 bridgehead atoms. The summed E-state index contributed by atoms with van der Waals surface area (Å²) >= 11 is 0. The summed E-state index contributed by atoms with van der Waals surface area (Å²) in [7, 11) is 0. The molecule has 0 saturated carbocycles. The molecule has 0 amide bonds. The van der Waals surface area contributed by atoms with Crippen molar-refractivity contribution in [2.24, 2.45) is 5.73 Å². The fourth-order valence-corrected chi connectivity index (χ4v) is 1.89. The van der Waals surface area contributed by atoms with Gasteiger partial charge in [-0.1, -0.05) is 24.0 Å². The van der Waals surface area contributed by atoms with Crippen LogP contribution in [0, 0.1) is 11.8 Å². The quantitative estimate of drug-likeness (QED) is 0.824. The van der Waals surface area contributed by atoms with Crippen molar-refractivity contribution in [1.29, 1.82) is 0 Å². The summed E-state index contributed by atoms with van der Waals surface area (Å²) in [6.45, 7) is 2.69. The van der Waals surface area contributed by atoms with Crippen LogP contribution in [0.1, 0.15) is 24.0 Å². The van der Waals surface area contributed by atoms with Crippen LogP contribution in [0.3, 0.4) is 0 Å². The molecule has 0 unspecified atom stereocenters. The van der Waals surface area contributed by atoms with Gasteiger partial charge < -0.3 is 15.2 Å². The molecule has 18 heavy (non-hydrogen) atoms. The zero-order chi connectivity index (χ0) is 12.6. The summed E-state index contributed by atoms with van der Waals surface area (Å²) in [6.07, 6.45) is 2.34. The van der Waals surface area contributed by atoms with Crippen LogP contribution in [0.2, 0.25) is 0 Å². The van der Waals surface area contributed by atoms with Gasteiger partial charge in [-0.2, -0.15) is 0 Å². The molecular formula is C15H19NO2. The highest BCUT2D eigenvalue weighted by molar-refractivity contribution is 5.36. The minimum Gasteiger partial charge on any atom is -0.381 e. The van der Waals surface area contributed by atoms with Crippen LogP contribution in [0.15, 0.2) is 24.3 Å². The summed E-state index contributed by atoms with van der Waals surface area (Å²) in [6, 6.07) is 8.12. The van der Waals surface area contributed by atoms with Gasteiger partial charge in [0.1, 0.15) is 0 Å². The Bertz CT molecular complexity index is 410. The van der Waals surface area contributed by atoms with Crippen LogP contribution < -0.4 is 5.73 Å². The van der Waals surface area contributed by atoms with Crippen LogP contribution in [-0.2, 0) is 16.1 Å². The van der Waals surface area contributed by atoms with Crippen LogP contribution in [-0.4, -0.2) is 25.9 Å². The van der Waals surface area contributed by atoms with Gasteiger partial charge >= 0.3 is 0 Å². The van der Waals surface area contributed by atoms with Gasteiger partial charge in [-0.15, -0.1) is 0 Å². The first-order valence-corrected chi connectivity index (χ1v) is 6.35. The third-order valence-electron chi connectivity index (χ3n) is 2.94. The van der Waals surface area contributed by atoms with E-state index in [0.29, 0.717) is 19.3 Å². The molecule has 1 heterocycles. The predicted molar refractivity (Wildman–Crippen MR) is 71.0 cm³/mol. The number of benzene rings is 1. The van der Waals surface area contributed by atoms with E-state index in [1.165, 1.54) is 5.56 Å². The van der Waals surface area contributed by atoms with E-state index in [-0.39, 0.29) is 0 Å². The van der Waals surface area contributed by atoms with Crippen LogP contribution in [0.25, 0.3) is 0 Å². The molecular weight excluding hydrogens is 226 g/mol. The molecule has 3 nitrogen and oxygen atoms in total. The van der Waals surface area contributed by atoms with E-state index in [9.17, 15) is 0 Å². The molecule has 2 N–H and O–H groups in total. The molecule has 1 aromatic carbocycles. The number of hydrogen-bond acceptors (Lipinski definition) is 3. The van der Waals surface area contributed by atoms with Crippen molar-refractivity contribution in [2.75, 3.05) is 19.8 Å². The van der Waals surface area contributed by atoms with E-state index in [2.05, 4.69) is 24.0 Å². The van der Waals surface area contributed by atoms with Crippen molar-refractivity contribution in [3.05, 3.63) is 35.4 Å². The van der Waals surface area contributed by atoms with E-state index >= 15 is 0 Å². The molecule has 0 aromatic heterocycles. The molecule has 0 aliphatic carbocycles. The van der Waals surface area contributed by atoms with Gasteiger partial charge in [-0.3, -0.25) is 0 Å². The van der Waals surface area contributed by atoms with E-state index in [1.54, 1.807) is 0 Å². The minimum atomic E-state index is 0.343. The molecule has 2 rings (SSSR count). The fraction of sp³-hybridized carbons (Fsp3) is 0.467. The van der Waals surface area contributed by atoms with Gasteiger partial charge in [-0.05, 0) is 30.5 Å². The lowest BCUT2D eigenvalue weighted by Crippen LogP contribution is -2.23. The second-order valence-corrected chi connectivity index (χ2v) is 4.33. The van der Waals surface area contributed by atoms with Crippen molar-refractivity contribution >= 4 is 0 Å². The Labute approximate surface area is 108 Å². The monoisotopic (exact) mass is 245 g/mol. The van der Waals surface area contributed by atoms with Crippen molar-refractivity contribution in [2.45, 2.75) is 25.6 Å². The normalized spacial score (nSPS) is 16.1. The molecule has 0 spiro atoms. The molecule has 1 aromatic rings. The van der Waals surface area contributed by atoms with Crippen molar-refractivity contribution in [3.8, 4) is 11.8 Å². The maximum Gasteiger partial charge on any atom is 0.0720 e. The third-order valence-corrected chi connectivity index (χ3v) is 2.94. The number of hydrogen-bond donors (Lipinski definition) is 1. The molecule has 1 aliphatic heterocycles. The number of rotatable bonds is 3. The van der Waals surface area contributed by atoms with Gasteiger partial charge in [0.25, 0.3) is 0 Å². The Morgan fingerprint density at radius 3 is 2.61 bits per heavy atom. The van der Waals surface area contributed by atoms with Gasteiger partial charge in [0.2, 0.25) is 0 Å².